The van der Waals surface area contributed by atoms with Crippen molar-refractivity contribution in [2.75, 3.05) is 18.0 Å². The summed E-state index contributed by atoms with van der Waals surface area (Å²) in [5, 5.41) is 3.01. The van der Waals surface area contributed by atoms with E-state index < -0.39 is 10.0 Å². The van der Waals surface area contributed by atoms with Gasteiger partial charge in [0.05, 0.1) is 23.7 Å². The van der Waals surface area contributed by atoms with Crippen LogP contribution in [0, 0.1) is 20.8 Å². The van der Waals surface area contributed by atoms with Gasteiger partial charge in [0.2, 0.25) is 5.91 Å². The number of ether oxygens (including phenoxy) is 1. The van der Waals surface area contributed by atoms with Gasteiger partial charge in [-0.25, -0.2) is 8.42 Å². The van der Waals surface area contributed by atoms with Crippen molar-refractivity contribution >= 4 is 21.6 Å². The normalized spacial score (nSPS) is 12.1. The summed E-state index contributed by atoms with van der Waals surface area (Å²) in [7, 11) is -2.33. The van der Waals surface area contributed by atoms with E-state index in [9.17, 15) is 13.2 Å². The van der Waals surface area contributed by atoms with E-state index in [1.807, 2.05) is 52.0 Å². The molecule has 0 saturated carbocycles. The van der Waals surface area contributed by atoms with Crippen molar-refractivity contribution in [2.24, 2.45) is 0 Å². The van der Waals surface area contributed by atoms with Crippen LogP contribution in [0.25, 0.3) is 0 Å². The average Bonchev–Trinajstić information content (AvgIpc) is 2.80. The topological polar surface area (TPSA) is 75.7 Å². The van der Waals surface area contributed by atoms with Crippen LogP contribution < -0.4 is 14.4 Å². The number of benzene rings is 3. The smallest absolute Gasteiger partial charge is 0.264 e. The van der Waals surface area contributed by atoms with Crippen LogP contribution in [-0.4, -0.2) is 28.0 Å². The van der Waals surface area contributed by atoms with E-state index in [1.165, 1.54) is 16.4 Å². The van der Waals surface area contributed by atoms with Crippen LogP contribution >= 0.6 is 0 Å². The first-order valence-corrected chi connectivity index (χ1v) is 12.7. The molecule has 6 nitrogen and oxygen atoms in total. The number of methoxy groups -OCH3 is 1. The van der Waals surface area contributed by atoms with Crippen LogP contribution in [0.2, 0.25) is 0 Å². The molecular formula is C27H32N2O4S. The lowest BCUT2D eigenvalue weighted by molar-refractivity contribution is -0.120. The standard InChI is InChI=1S/C27H32N2O4S/c1-6-25(22-12-13-26(33-5)21(4)17-22)28-27(30)18-29(23-15-19(2)14-20(3)16-23)34(31,32)24-10-8-7-9-11-24/h7-17,25H,6,18H2,1-5H3,(H,28,30)/t25-/m1/s1. The Balaban J connectivity index is 1.92. The molecule has 3 rings (SSSR count). The molecule has 0 aliphatic heterocycles. The second kappa shape index (κ2) is 10.7. The van der Waals surface area contributed by atoms with Crippen molar-refractivity contribution in [3.8, 4) is 5.75 Å². The Kier molecular flexibility index (Phi) is 7.99. The van der Waals surface area contributed by atoms with E-state index in [-0.39, 0.29) is 23.4 Å². The van der Waals surface area contributed by atoms with E-state index in [1.54, 1.807) is 37.4 Å². The van der Waals surface area contributed by atoms with Crippen LogP contribution in [0.15, 0.2) is 71.6 Å². The van der Waals surface area contributed by atoms with E-state index in [0.717, 1.165) is 28.0 Å². The molecule has 0 saturated heterocycles. The average molecular weight is 481 g/mol. The molecule has 34 heavy (non-hydrogen) atoms. The van der Waals surface area contributed by atoms with Crippen molar-refractivity contribution < 1.29 is 17.9 Å². The Morgan fingerprint density at radius 3 is 2.18 bits per heavy atom. The Morgan fingerprint density at radius 1 is 0.971 bits per heavy atom. The largest absolute Gasteiger partial charge is 0.496 e. The van der Waals surface area contributed by atoms with Gasteiger partial charge in [0, 0.05) is 0 Å². The number of aryl methyl sites for hydroxylation is 3. The summed E-state index contributed by atoms with van der Waals surface area (Å²) in [5.74, 6) is 0.402. The number of carbonyl (C=O) groups is 1. The van der Waals surface area contributed by atoms with Gasteiger partial charge in [-0.2, -0.15) is 0 Å². The molecule has 0 fully saturated rings. The third kappa shape index (κ3) is 5.78. The predicted molar refractivity (Wildman–Crippen MR) is 136 cm³/mol. The molecule has 1 amide bonds. The molecule has 3 aromatic carbocycles. The first kappa shape index (κ1) is 25.3. The molecule has 180 valence electrons. The Morgan fingerprint density at radius 2 is 1.62 bits per heavy atom. The highest BCUT2D eigenvalue weighted by Crippen LogP contribution is 2.27. The summed E-state index contributed by atoms with van der Waals surface area (Å²) in [6.45, 7) is 7.41. The van der Waals surface area contributed by atoms with Gasteiger partial charge < -0.3 is 10.1 Å². The number of hydrogen-bond donors (Lipinski definition) is 1. The minimum absolute atomic E-state index is 0.139. The van der Waals surface area contributed by atoms with Crippen molar-refractivity contribution in [1.29, 1.82) is 0 Å². The maximum absolute atomic E-state index is 13.6. The first-order chi connectivity index (χ1) is 16.1. The van der Waals surface area contributed by atoms with Crippen LogP contribution in [0.3, 0.4) is 0 Å². The van der Waals surface area contributed by atoms with Gasteiger partial charge in [-0.05, 0) is 79.8 Å². The monoisotopic (exact) mass is 480 g/mol. The highest BCUT2D eigenvalue weighted by molar-refractivity contribution is 7.92. The van der Waals surface area contributed by atoms with Gasteiger partial charge in [-0.3, -0.25) is 9.10 Å². The van der Waals surface area contributed by atoms with Crippen LogP contribution in [-0.2, 0) is 14.8 Å². The maximum Gasteiger partial charge on any atom is 0.264 e. The summed E-state index contributed by atoms with van der Waals surface area (Å²) in [6.07, 6.45) is 0.659. The van der Waals surface area contributed by atoms with E-state index in [2.05, 4.69) is 5.32 Å². The fourth-order valence-electron chi connectivity index (χ4n) is 4.04. The minimum Gasteiger partial charge on any atom is -0.496 e. The molecule has 0 spiro atoms. The number of nitrogens with one attached hydrogen (secondary N) is 1. The lowest BCUT2D eigenvalue weighted by Gasteiger charge is -2.26. The molecule has 0 heterocycles. The predicted octanol–water partition coefficient (Wildman–Crippen LogP) is 5.08. The summed E-state index contributed by atoms with van der Waals surface area (Å²) >= 11 is 0. The quantitative estimate of drug-likeness (QED) is 0.463. The van der Waals surface area contributed by atoms with Crippen molar-refractivity contribution in [2.45, 2.75) is 45.1 Å². The zero-order chi connectivity index (χ0) is 24.9. The van der Waals surface area contributed by atoms with Crippen LogP contribution in [0.4, 0.5) is 5.69 Å². The zero-order valence-corrected chi connectivity index (χ0v) is 21.1. The summed E-state index contributed by atoms with van der Waals surface area (Å²) in [5.41, 5.74) is 4.21. The first-order valence-electron chi connectivity index (χ1n) is 11.3. The molecule has 0 unspecified atom stereocenters. The molecule has 1 atom stereocenters. The molecule has 0 bridgehead atoms. The molecule has 1 N–H and O–H groups in total. The summed E-state index contributed by atoms with van der Waals surface area (Å²) in [6, 6.07) is 19.2. The number of carbonyl (C=O) groups excluding carboxylic acids is 1. The molecule has 0 aromatic heterocycles. The van der Waals surface area contributed by atoms with Gasteiger partial charge in [-0.15, -0.1) is 0 Å². The molecule has 0 aliphatic carbocycles. The number of nitrogens with zero attached hydrogens (tertiary/aromatic N) is 1. The van der Waals surface area contributed by atoms with Gasteiger partial charge in [-0.1, -0.05) is 43.3 Å². The van der Waals surface area contributed by atoms with Crippen molar-refractivity contribution in [3.63, 3.8) is 0 Å². The van der Waals surface area contributed by atoms with E-state index in [0.29, 0.717) is 12.1 Å². The number of hydrogen-bond acceptors (Lipinski definition) is 4. The second-order valence-electron chi connectivity index (χ2n) is 8.43. The fraction of sp³-hybridized carbons (Fsp3) is 0.296. The van der Waals surface area contributed by atoms with Crippen molar-refractivity contribution in [1.82, 2.24) is 5.32 Å². The maximum atomic E-state index is 13.6. The lowest BCUT2D eigenvalue weighted by Crippen LogP contribution is -2.42. The van der Waals surface area contributed by atoms with Crippen LogP contribution in [0.5, 0.6) is 5.75 Å². The summed E-state index contributed by atoms with van der Waals surface area (Å²) < 4.78 is 33.6. The van der Waals surface area contributed by atoms with Gasteiger partial charge in [0.15, 0.2) is 0 Å². The Bertz CT molecular complexity index is 1240. The number of sulfonamides is 1. The van der Waals surface area contributed by atoms with Gasteiger partial charge >= 0.3 is 0 Å². The number of rotatable bonds is 9. The minimum atomic E-state index is -3.95. The zero-order valence-electron chi connectivity index (χ0n) is 20.3. The van der Waals surface area contributed by atoms with Crippen LogP contribution in [0.1, 0.15) is 41.6 Å². The molecule has 3 aromatic rings. The second-order valence-corrected chi connectivity index (χ2v) is 10.3. The third-order valence-electron chi connectivity index (χ3n) is 5.68. The molecule has 0 aliphatic rings. The molecular weight excluding hydrogens is 448 g/mol. The number of anilines is 1. The van der Waals surface area contributed by atoms with E-state index in [4.69, 9.17) is 4.74 Å². The van der Waals surface area contributed by atoms with Gasteiger partial charge in [0.25, 0.3) is 10.0 Å². The SMILES string of the molecule is CC[C@@H](NC(=O)CN(c1cc(C)cc(C)c1)S(=O)(=O)c1ccccc1)c1ccc(OC)c(C)c1. The highest BCUT2D eigenvalue weighted by atomic mass is 32.2. The third-order valence-corrected chi connectivity index (χ3v) is 7.47. The molecule has 0 radical (unpaired) electrons. The Labute approximate surface area is 202 Å². The lowest BCUT2D eigenvalue weighted by atomic mass is 10.0. The Hall–Kier alpha value is -3.32. The highest BCUT2D eigenvalue weighted by Gasteiger charge is 2.28. The van der Waals surface area contributed by atoms with Gasteiger partial charge in [0.1, 0.15) is 12.3 Å². The fourth-order valence-corrected chi connectivity index (χ4v) is 5.46. The number of amides is 1. The summed E-state index contributed by atoms with van der Waals surface area (Å²) in [4.78, 5) is 13.3. The molecule has 7 heteroatoms. The van der Waals surface area contributed by atoms with Crippen molar-refractivity contribution in [3.05, 3.63) is 89.0 Å². The van der Waals surface area contributed by atoms with E-state index >= 15 is 0 Å².